The highest BCUT2D eigenvalue weighted by Crippen LogP contribution is 2.51. The lowest BCUT2D eigenvalue weighted by Crippen LogP contribution is -2.36. The highest BCUT2D eigenvalue weighted by Gasteiger charge is 2.40. The maximum atomic E-state index is 2.63. The number of hydrogen-bond donors (Lipinski definition) is 0. The topological polar surface area (TPSA) is 0 Å². The van der Waals surface area contributed by atoms with Crippen molar-refractivity contribution in [2.24, 2.45) is 17.3 Å². The standard InChI is InChI=1S/C33H42/c1-21-17-24-13-15-28-22(2)19-30(29-16-14-25(18-21)31(24)32(28)29)23-9-8-12-27(20-23)33(3,4)26-10-6-5-7-11-26/h14-19,23-24,26-27H,5-13,20H2,1-4H3/t23?,24?,27-/m0/s1. The molecule has 0 N–H and O–H groups in total. The molecule has 0 heterocycles. The molecular weight excluding hydrogens is 396 g/mol. The van der Waals surface area contributed by atoms with Gasteiger partial charge in [0, 0.05) is 5.92 Å². The Balaban J connectivity index is 1.42. The summed E-state index contributed by atoms with van der Waals surface area (Å²) in [5.41, 5.74) is 6.71. The van der Waals surface area contributed by atoms with Gasteiger partial charge in [-0.25, -0.2) is 0 Å². The van der Waals surface area contributed by atoms with E-state index in [-0.39, 0.29) is 0 Å². The summed E-state index contributed by atoms with van der Waals surface area (Å²) in [7, 11) is 0. The molecule has 0 aliphatic heterocycles. The normalized spacial score (nSPS) is 27.6. The third kappa shape index (κ3) is 3.55. The zero-order valence-corrected chi connectivity index (χ0v) is 21.3. The summed E-state index contributed by atoms with van der Waals surface area (Å²) < 4.78 is 0. The van der Waals surface area contributed by atoms with Gasteiger partial charge in [0.15, 0.2) is 0 Å². The number of rotatable bonds is 3. The van der Waals surface area contributed by atoms with Gasteiger partial charge in [0.2, 0.25) is 0 Å². The minimum Gasteiger partial charge on any atom is -0.0754 e. The van der Waals surface area contributed by atoms with Gasteiger partial charge in [-0.2, -0.15) is 0 Å². The summed E-state index contributed by atoms with van der Waals surface area (Å²) in [6, 6.07) is 7.50. The summed E-state index contributed by atoms with van der Waals surface area (Å²) in [5, 5.41) is 6.15. The molecule has 2 fully saturated rings. The molecule has 2 aromatic rings. The fourth-order valence-corrected chi connectivity index (χ4v) is 8.33. The molecule has 0 saturated heterocycles. The van der Waals surface area contributed by atoms with Crippen molar-refractivity contribution in [1.82, 2.24) is 0 Å². The lowest BCUT2D eigenvalue weighted by molar-refractivity contribution is 0.0532. The van der Waals surface area contributed by atoms with Crippen molar-refractivity contribution in [1.29, 1.82) is 0 Å². The van der Waals surface area contributed by atoms with Gasteiger partial charge in [0.1, 0.15) is 0 Å². The van der Waals surface area contributed by atoms with E-state index < -0.39 is 0 Å². The zero-order chi connectivity index (χ0) is 22.7. The van der Waals surface area contributed by atoms with Crippen LogP contribution in [-0.4, -0.2) is 0 Å². The van der Waals surface area contributed by atoms with Crippen LogP contribution in [0.3, 0.4) is 0 Å². The van der Waals surface area contributed by atoms with Gasteiger partial charge in [-0.05, 0) is 113 Å². The van der Waals surface area contributed by atoms with Crippen LogP contribution in [0.25, 0.3) is 22.9 Å². The molecule has 0 bridgehead atoms. The third-order valence-corrected chi connectivity index (χ3v) is 10.3. The molecule has 0 radical (unpaired) electrons. The highest BCUT2D eigenvalue weighted by molar-refractivity contribution is 5.93. The molecule has 2 unspecified atom stereocenters. The number of benzene rings is 2. The van der Waals surface area contributed by atoms with Crippen molar-refractivity contribution in [2.45, 2.75) is 104 Å². The van der Waals surface area contributed by atoms with E-state index >= 15 is 0 Å². The molecule has 174 valence electrons. The van der Waals surface area contributed by atoms with Crippen LogP contribution in [0, 0.1) is 24.2 Å². The van der Waals surface area contributed by atoms with E-state index in [1.165, 1.54) is 79.4 Å². The smallest absolute Gasteiger partial charge is 0.00708 e. The molecule has 0 spiro atoms. The van der Waals surface area contributed by atoms with Crippen molar-refractivity contribution < 1.29 is 0 Å². The Labute approximate surface area is 200 Å². The van der Waals surface area contributed by atoms with E-state index in [0.29, 0.717) is 11.3 Å². The molecule has 0 amide bonds. The monoisotopic (exact) mass is 438 g/mol. The van der Waals surface area contributed by atoms with Gasteiger partial charge in [-0.1, -0.05) is 81.5 Å². The Morgan fingerprint density at radius 2 is 1.67 bits per heavy atom. The summed E-state index contributed by atoms with van der Waals surface area (Å²) >= 11 is 0. The minimum atomic E-state index is 0.491. The van der Waals surface area contributed by atoms with Crippen LogP contribution < -0.4 is 10.4 Å². The second-order valence-electron chi connectivity index (χ2n) is 12.5. The average molecular weight is 439 g/mol. The maximum absolute atomic E-state index is 2.63. The van der Waals surface area contributed by atoms with Crippen molar-refractivity contribution in [3.63, 3.8) is 0 Å². The Morgan fingerprint density at radius 3 is 2.48 bits per heavy atom. The first-order valence-electron chi connectivity index (χ1n) is 13.9. The summed E-state index contributed by atoms with van der Waals surface area (Å²) in [4.78, 5) is 0. The minimum absolute atomic E-state index is 0.491. The molecule has 6 rings (SSSR count). The van der Waals surface area contributed by atoms with E-state index in [9.17, 15) is 0 Å². The van der Waals surface area contributed by atoms with Gasteiger partial charge in [0.05, 0.1) is 0 Å². The first-order chi connectivity index (χ1) is 15.9. The predicted molar refractivity (Wildman–Crippen MR) is 143 cm³/mol. The molecule has 2 aromatic carbocycles. The quantitative estimate of drug-likeness (QED) is 0.455. The summed E-state index contributed by atoms with van der Waals surface area (Å²) in [6.07, 6.45) is 21.6. The number of allylic oxidation sites excluding steroid dienone is 2. The van der Waals surface area contributed by atoms with Crippen LogP contribution in [0.4, 0.5) is 0 Å². The number of aryl methyl sites for hydroxylation is 1. The number of hydrogen-bond acceptors (Lipinski definition) is 0. The Morgan fingerprint density at radius 1 is 0.879 bits per heavy atom. The first-order valence-corrected chi connectivity index (χ1v) is 13.9. The van der Waals surface area contributed by atoms with E-state index in [1.807, 2.05) is 0 Å². The van der Waals surface area contributed by atoms with E-state index in [2.05, 4.69) is 64.1 Å². The van der Waals surface area contributed by atoms with Crippen molar-refractivity contribution >= 4 is 22.9 Å². The third-order valence-electron chi connectivity index (χ3n) is 10.3. The van der Waals surface area contributed by atoms with Crippen molar-refractivity contribution in [3.8, 4) is 0 Å². The van der Waals surface area contributed by atoms with Crippen LogP contribution in [0.1, 0.15) is 114 Å². The second-order valence-corrected chi connectivity index (χ2v) is 12.5. The van der Waals surface area contributed by atoms with Gasteiger partial charge >= 0.3 is 0 Å². The average Bonchev–Trinajstić information content (AvgIpc) is 2.83. The summed E-state index contributed by atoms with van der Waals surface area (Å²) in [6.45, 7) is 9.89. The van der Waals surface area contributed by atoms with Gasteiger partial charge in [-0.15, -0.1) is 0 Å². The molecule has 4 aliphatic carbocycles. The van der Waals surface area contributed by atoms with Crippen LogP contribution >= 0.6 is 0 Å². The lowest BCUT2D eigenvalue weighted by atomic mass is 9.59. The highest BCUT2D eigenvalue weighted by atomic mass is 14.5. The lowest BCUT2D eigenvalue weighted by Gasteiger charge is -2.46. The van der Waals surface area contributed by atoms with Crippen LogP contribution in [0.15, 0.2) is 29.8 Å². The zero-order valence-electron chi connectivity index (χ0n) is 21.3. The maximum Gasteiger partial charge on any atom is 0.00708 e. The van der Waals surface area contributed by atoms with Crippen LogP contribution in [-0.2, 0) is 0 Å². The van der Waals surface area contributed by atoms with Crippen molar-refractivity contribution in [3.05, 3.63) is 57.0 Å². The van der Waals surface area contributed by atoms with Crippen LogP contribution in [0.5, 0.6) is 0 Å². The molecule has 0 nitrogen and oxygen atoms in total. The SMILES string of the molecule is CC1=CC2CC=c3c(C)cc(C4CCC[C@H](C(C)(C)C5CCCCC5)C4)c4ccc(c2c34)=C1. The Bertz CT molecular complexity index is 1230. The van der Waals surface area contributed by atoms with E-state index in [1.54, 1.807) is 21.9 Å². The van der Waals surface area contributed by atoms with Crippen molar-refractivity contribution in [2.75, 3.05) is 0 Å². The fraction of sp³-hybridized carbons (Fsp3) is 0.576. The first kappa shape index (κ1) is 21.7. The Hall–Kier alpha value is -1.82. The molecule has 33 heavy (non-hydrogen) atoms. The van der Waals surface area contributed by atoms with E-state index in [0.717, 1.165) is 24.2 Å². The predicted octanol–water partition coefficient (Wildman–Crippen LogP) is 8.04. The molecular formula is C33H42. The molecule has 3 atom stereocenters. The fourth-order valence-electron chi connectivity index (χ4n) is 8.33. The largest absolute Gasteiger partial charge is 0.0754 e. The second kappa shape index (κ2) is 8.14. The van der Waals surface area contributed by atoms with Gasteiger partial charge < -0.3 is 0 Å². The van der Waals surface area contributed by atoms with Gasteiger partial charge in [0.25, 0.3) is 0 Å². The molecule has 0 heteroatoms. The Kier molecular flexibility index (Phi) is 5.35. The van der Waals surface area contributed by atoms with Crippen LogP contribution in [0.2, 0.25) is 0 Å². The molecule has 4 aliphatic rings. The molecule has 2 saturated carbocycles. The van der Waals surface area contributed by atoms with E-state index in [4.69, 9.17) is 0 Å². The molecule has 0 aromatic heterocycles. The van der Waals surface area contributed by atoms with Gasteiger partial charge in [-0.3, -0.25) is 0 Å². The summed E-state index contributed by atoms with van der Waals surface area (Å²) in [5.74, 6) is 3.11.